The van der Waals surface area contributed by atoms with Crippen LogP contribution in [-0.4, -0.2) is 27.5 Å². The second-order valence-electron chi connectivity index (χ2n) is 4.60. The predicted molar refractivity (Wildman–Crippen MR) is 89.9 cm³/mol. The number of nitrogens with one attached hydrogen (secondary N) is 2. The molecule has 2 aromatic rings. The Kier molecular flexibility index (Phi) is 6.28. The van der Waals surface area contributed by atoms with Crippen molar-refractivity contribution in [3.63, 3.8) is 0 Å². The van der Waals surface area contributed by atoms with E-state index in [1.165, 1.54) is 6.07 Å². The zero-order valence-corrected chi connectivity index (χ0v) is 14.2. The van der Waals surface area contributed by atoms with Crippen molar-refractivity contribution in [2.75, 3.05) is 18.5 Å². The van der Waals surface area contributed by atoms with Gasteiger partial charge < -0.3 is 10.1 Å². The molecule has 0 saturated heterocycles. The van der Waals surface area contributed by atoms with Gasteiger partial charge in [0.05, 0.1) is 13.2 Å². The van der Waals surface area contributed by atoms with Gasteiger partial charge in [-0.3, -0.25) is 4.79 Å². The number of para-hydroxylation sites is 1. The van der Waals surface area contributed by atoms with Gasteiger partial charge in [0.1, 0.15) is 4.21 Å². The molecule has 1 heterocycles. The van der Waals surface area contributed by atoms with E-state index < -0.39 is 15.9 Å². The molecule has 0 atom stereocenters. The van der Waals surface area contributed by atoms with Gasteiger partial charge in [0.25, 0.3) is 10.0 Å². The normalized spacial score (nSPS) is 11.3. The molecule has 124 valence electrons. The lowest BCUT2D eigenvalue weighted by Crippen LogP contribution is -2.32. The van der Waals surface area contributed by atoms with Crippen LogP contribution in [0.1, 0.15) is 12.5 Å². The molecule has 0 saturated carbocycles. The second-order valence-corrected chi connectivity index (χ2v) is 7.54. The quantitative estimate of drug-likeness (QED) is 0.761. The number of ether oxygens (including phenoxy) is 1. The van der Waals surface area contributed by atoms with Crippen LogP contribution in [-0.2, 0) is 26.2 Å². The molecule has 0 spiro atoms. The van der Waals surface area contributed by atoms with E-state index in [4.69, 9.17) is 4.74 Å². The van der Waals surface area contributed by atoms with Crippen molar-refractivity contribution in [3.8, 4) is 0 Å². The van der Waals surface area contributed by atoms with Crippen LogP contribution in [0.15, 0.2) is 46.0 Å². The highest BCUT2D eigenvalue weighted by Gasteiger charge is 2.16. The van der Waals surface area contributed by atoms with Crippen LogP contribution in [0.5, 0.6) is 0 Å². The van der Waals surface area contributed by atoms with Crippen LogP contribution in [0.3, 0.4) is 0 Å². The molecule has 1 aromatic heterocycles. The summed E-state index contributed by atoms with van der Waals surface area (Å²) < 4.78 is 31.7. The molecule has 8 heteroatoms. The first-order valence-corrected chi connectivity index (χ1v) is 9.38. The molecule has 6 nitrogen and oxygen atoms in total. The van der Waals surface area contributed by atoms with E-state index in [0.717, 1.165) is 16.9 Å². The van der Waals surface area contributed by atoms with E-state index in [1.807, 2.05) is 19.1 Å². The number of amides is 1. The van der Waals surface area contributed by atoms with Crippen LogP contribution in [0.4, 0.5) is 5.69 Å². The fourth-order valence-corrected chi connectivity index (χ4v) is 3.84. The Morgan fingerprint density at radius 1 is 1.22 bits per heavy atom. The van der Waals surface area contributed by atoms with Crippen molar-refractivity contribution in [2.24, 2.45) is 0 Å². The minimum absolute atomic E-state index is 0.182. The molecule has 2 rings (SSSR count). The Balaban J connectivity index is 1.95. The number of carbonyl (C=O) groups is 1. The highest BCUT2D eigenvalue weighted by molar-refractivity contribution is 7.91. The Labute approximate surface area is 139 Å². The lowest BCUT2D eigenvalue weighted by atomic mass is 10.2. The molecular formula is C15H18N2O4S2. The molecule has 23 heavy (non-hydrogen) atoms. The van der Waals surface area contributed by atoms with Crippen LogP contribution in [0.25, 0.3) is 0 Å². The van der Waals surface area contributed by atoms with Gasteiger partial charge in [-0.25, -0.2) is 13.1 Å². The maximum Gasteiger partial charge on any atom is 0.250 e. The molecule has 0 unspecified atom stereocenters. The minimum atomic E-state index is -3.65. The average molecular weight is 354 g/mol. The summed E-state index contributed by atoms with van der Waals surface area (Å²) >= 11 is 1.10. The Hall–Kier alpha value is -1.74. The number of carbonyl (C=O) groups excluding carboxylic acids is 1. The molecule has 1 aromatic carbocycles. The zero-order chi connectivity index (χ0) is 16.7. The van der Waals surface area contributed by atoms with Crippen LogP contribution in [0, 0.1) is 0 Å². The van der Waals surface area contributed by atoms with Crippen molar-refractivity contribution in [1.82, 2.24) is 4.72 Å². The summed E-state index contributed by atoms with van der Waals surface area (Å²) in [6.45, 7) is 2.51. The van der Waals surface area contributed by atoms with E-state index >= 15 is 0 Å². The summed E-state index contributed by atoms with van der Waals surface area (Å²) in [7, 11) is -3.65. The zero-order valence-electron chi connectivity index (χ0n) is 12.6. The predicted octanol–water partition coefficient (Wildman–Crippen LogP) is 2.20. The highest BCUT2D eigenvalue weighted by Crippen LogP contribution is 2.17. The van der Waals surface area contributed by atoms with E-state index in [0.29, 0.717) is 18.9 Å². The fourth-order valence-electron chi connectivity index (χ4n) is 1.82. The van der Waals surface area contributed by atoms with Crippen molar-refractivity contribution in [3.05, 3.63) is 47.3 Å². The van der Waals surface area contributed by atoms with Crippen LogP contribution in [0.2, 0.25) is 0 Å². The first kappa shape index (κ1) is 17.6. The molecular weight excluding hydrogens is 336 g/mol. The molecule has 0 aliphatic rings. The molecule has 0 bridgehead atoms. The van der Waals surface area contributed by atoms with Gasteiger partial charge >= 0.3 is 0 Å². The third kappa shape index (κ3) is 5.14. The Bertz CT molecular complexity index is 743. The SMILES string of the molecule is CCOCc1ccccc1NC(=O)CNS(=O)(=O)c1cccs1. The average Bonchev–Trinajstić information content (AvgIpc) is 3.08. The van der Waals surface area contributed by atoms with Crippen LogP contribution >= 0.6 is 11.3 Å². The van der Waals surface area contributed by atoms with Gasteiger partial charge in [0.15, 0.2) is 0 Å². The van der Waals surface area contributed by atoms with Gasteiger partial charge in [-0.15, -0.1) is 11.3 Å². The number of benzene rings is 1. The number of hydrogen-bond donors (Lipinski definition) is 2. The van der Waals surface area contributed by atoms with E-state index in [1.54, 1.807) is 23.6 Å². The first-order chi connectivity index (χ1) is 11.0. The maximum atomic E-state index is 12.0. The largest absolute Gasteiger partial charge is 0.377 e. The molecule has 1 amide bonds. The number of hydrogen-bond acceptors (Lipinski definition) is 5. The van der Waals surface area contributed by atoms with Crippen molar-refractivity contribution >= 4 is 33.0 Å². The fraction of sp³-hybridized carbons (Fsp3) is 0.267. The number of rotatable bonds is 8. The summed E-state index contributed by atoms with van der Waals surface area (Å²) in [5, 5.41) is 4.36. The number of sulfonamides is 1. The van der Waals surface area contributed by atoms with Gasteiger partial charge in [-0.2, -0.15) is 0 Å². The lowest BCUT2D eigenvalue weighted by molar-refractivity contribution is -0.115. The van der Waals surface area contributed by atoms with Gasteiger partial charge in [-0.05, 0) is 24.4 Å². The van der Waals surface area contributed by atoms with Crippen LogP contribution < -0.4 is 10.0 Å². The molecule has 2 N–H and O–H groups in total. The van der Waals surface area contributed by atoms with Crippen molar-refractivity contribution in [2.45, 2.75) is 17.7 Å². The number of thiophene rings is 1. The van der Waals surface area contributed by atoms with Gasteiger partial charge in [-0.1, -0.05) is 24.3 Å². The lowest BCUT2D eigenvalue weighted by Gasteiger charge is -2.11. The Morgan fingerprint density at radius 3 is 2.70 bits per heavy atom. The first-order valence-electron chi connectivity index (χ1n) is 7.01. The van der Waals surface area contributed by atoms with E-state index in [2.05, 4.69) is 10.0 Å². The minimum Gasteiger partial charge on any atom is -0.377 e. The summed E-state index contributed by atoms with van der Waals surface area (Å²) in [4.78, 5) is 12.0. The highest BCUT2D eigenvalue weighted by atomic mass is 32.2. The molecule has 0 aliphatic carbocycles. The van der Waals surface area contributed by atoms with E-state index in [9.17, 15) is 13.2 Å². The smallest absolute Gasteiger partial charge is 0.250 e. The molecule has 0 aliphatic heterocycles. The Morgan fingerprint density at radius 2 is 2.00 bits per heavy atom. The second kappa shape index (κ2) is 8.21. The summed E-state index contributed by atoms with van der Waals surface area (Å²) in [5.74, 6) is -0.436. The van der Waals surface area contributed by atoms with Gasteiger partial charge in [0, 0.05) is 17.9 Å². The van der Waals surface area contributed by atoms with Gasteiger partial charge in [0.2, 0.25) is 5.91 Å². The van der Waals surface area contributed by atoms with Crippen molar-refractivity contribution < 1.29 is 17.9 Å². The number of anilines is 1. The third-order valence-electron chi connectivity index (χ3n) is 2.94. The monoisotopic (exact) mass is 354 g/mol. The van der Waals surface area contributed by atoms with E-state index in [-0.39, 0.29) is 10.8 Å². The maximum absolute atomic E-state index is 12.0. The summed E-state index contributed by atoms with van der Waals surface area (Å²) in [6.07, 6.45) is 0. The molecule has 0 fully saturated rings. The third-order valence-corrected chi connectivity index (χ3v) is 5.73. The molecule has 0 radical (unpaired) electrons. The summed E-state index contributed by atoms with van der Waals surface area (Å²) in [6, 6.07) is 10.4. The summed E-state index contributed by atoms with van der Waals surface area (Å²) in [5.41, 5.74) is 1.45. The topological polar surface area (TPSA) is 84.5 Å². The standard InChI is InChI=1S/C15H18N2O4S2/c1-2-21-11-12-6-3-4-7-13(12)17-14(18)10-16-23(19,20)15-8-5-9-22-15/h3-9,16H,2,10-11H2,1H3,(H,17,18). The van der Waals surface area contributed by atoms with Crippen molar-refractivity contribution in [1.29, 1.82) is 0 Å².